The molecule has 0 spiro atoms. The highest BCUT2D eigenvalue weighted by Gasteiger charge is 2.25. The van der Waals surface area contributed by atoms with Gasteiger partial charge in [0.2, 0.25) is 5.91 Å². The van der Waals surface area contributed by atoms with Crippen LogP contribution in [0.1, 0.15) is 60.5 Å². The van der Waals surface area contributed by atoms with Gasteiger partial charge in [-0.25, -0.2) is 0 Å². The molecular weight excluding hydrogens is 490 g/mol. The van der Waals surface area contributed by atoms with Crippen LogP contribution in [0.2, 0.25) is 0 Å². The molecule has 0 saturated heterocycles. The molecule has 36 heavy (non-hydrogen) atoms. The zero-order valence-corrected chi connectivity index (χ0v) is 22.5. The van der Waals surface area contributed by atoms with Crippen LogP contribution in [-0.2, 0) is 30.8 Å². The monoisotopic (exact) mass is 521 g/mol. The van der Waals surface area contributed by atoms with E-state index >= 15 is 0 Å². The number of nitriles is 1. The minimum absolute atomic E-state index is 0.163. The zero-order chi connectivity index (χ0) is 25.7. The molecule has 0 fully saturated rings. The van der Waals surface area contributed by atoms with Crippen LogP contribution in [0.5, 0.6) is 5.75 Å². The molecule has 1 aliphatic carbocycles. The Labute approximate surface area is 220 Å². The van der Waals surface area contributed by atoms with E-state index in [0.717, 1.165) is 30.6 Å². The lowest BCUT2D eigenvalue weighted by Gasteiger charge is -2.17. The highest BCUT2D eigenvalue weighted by Crippen LogP contribution is 2.39. The predicted octanol–water partition coefficient (Wildman–Crippen LogP) is 5.96. The summed E-state index contributed by atoms with van der Waals surface area (Å²) in [5.74, 6) is 2.50. The summed E-state index contributed by atoms with van der Waals surface area (Å²) >= 11 is 2.84. The number of nitrogens with one attached hydrogen (secondary N) is 1. The predicted molar refractivity (Wildman–Crippen MR) is 145 cm³/mol. The quantitative estimate of drug-likeness (QED) is 0.262. The third-order valence-corrected chi connectivity index (χ3v) is 8.37. The van der Waals surface area contributed by atoms with Crippen molar-refractivity contribution in [1.29, 1.82) is 5.26 Å². The van der Waals surface area contributed by atoms with Crippen LogP contribution in [0.15, 0.2) is 42.1 Å². The number of hydrogen-bond donors (Lipinski definition) is 1. The van der Waals surface area contributed by atoms with Gasteiger partial charge in [0.05, 0.1) is 11.3 Å². The maximum absolute atomic E-state index is 12.8. The number of thioether (sulfide) groups is 1. The van der Waals surface area contributed by atoms with Gasteiger partial charge in [0.25, 0.3) is 0 Å². The molecule has 1 unspecified atom stereocenters. The standard InChI is InChI=1S/C27H31N5O2S2/c1-5-12-32-24(15-34-20-9-7-19(8-10-20)17(2)3)30-31-27(32)35-16-25(33)29-26-22(14-28)21-11-6-18(4)13-23(21)36-26/h5,7-10,17-18H,1,6,11-13,15-16H2,2-4H3,(H,29,33). The summed E-state index contributed by atoms with van der Waals surface area (Å²) in [6.07, 6.45) is 4.72. The van der Waals surface area contributed by atoms with Crippen molar-refractivity contribution in [3.63, 3.8) is 0 Å². The molecule has 4 rings (SSSR count). The molecule has 2 heterocycles. The number of nitrogens with zero attached hydrogens (tertiary/aromatic N) is 4. The summed E-state index contributed by atoms with van der Waals surface area (Å²) in [5.41, 5.74) is 2.99. The third-order valence-electron chi connectivity index (χ3n) is 6.23. The molecule has 188 valence electrons. The fraction of sp³-hybridized carbons (Fsp3) is 0.407. The largest absolute Gasteiger partial charge is 0.486 e. The second-order valence-electron chi connectivity index (χ2n) is 9.32. The second kappa shape index (κ2) is 11.8. The molecule has 0 aliphatic heterocycles. The van der Waals surface area contributed by atoms with E-state index in [2.05, 4.69) is 61.1 Å². The summed E-state index contributed by atoms with van der Waals surface area (Å²) in [6.45, 7) is 11.1. The van der Waals surface area contributed by atoms with Gasteiger partial charge in [-0.3, -0.25) is 9.36 Å². The molecular formula is C27H31N5O2S2. The Morgan fingerprint density at radius 1 is 1.39 bits per heavy atom. The number of hydrogen-bond acceptors (Lipinski definition) is 7. The summed E-state index contributed by atoms with van der Waals surface area (Å²) in [4.78, 5) is 14.0. The van der Waals surface area contributed by atoms with Crippen LogP contribution < -0.4 is 10.1 Å². The van der Waals surface area contributed by atoms with E-state index in [0.29, 0.717) is 39.9 Å². The molecule has 1 aliphatic rings. The van der Waals surface area contributed by atoms with Gasteiger partial charge in [0, 0.05) is 11.4 Å². The molecule has 0 bridgehead atoms. The number of anilines is 1. The first-order chi connectivity index (χ1) is 17.4. The van der Waals surface area contributed by atoms with Gasteiger partial charge < -0.3 is 10.1 Å². The third kappa shape index (κ3) is 6.00. The van der Waals surface area contributed by atoms with Crippen molar-refractivity contribution in [3.8, 4) is 11.8 Å². The first kappa shape index (κ1) is 26.0. The number of rotatable bonds is 10. The summed E-state index contributed by atoms with van der Waals surface area (Å²) in [6, 6.07) is 10.4. The number of ether oxygens (including phenoxy) is 1. The molecule has 1 amide bonds. The first-order valence-electron chi connectivity index (χ1n) is 12.1. The number of carbonyl (C=O) groups excluding carboxylic acids is 1. The lowest BCUT2D eigenvalue weighted by atomic mass is 9.89. The van der Waals surface area contributed by atoms with Crippen molar-refractivity contribution in [2.24, 2.45) is 5.92 Å². The van der Waals surface area contributed by atoms with Crippen molar-refractivity contribution in [3.05, 3.63) is 64.3 Å². The number of thiophene rings is 1. The minimum atomic E-state index is -0.167. The second-order valence-corrected chi connectivity index (χ2v) is 11.4. The first-order valence-corrected chi connectivity index (χ1v) is 13.9. The Balaban J connectivity index is 1.38. The molecule has 0 radical (unpaired) electrons. The SMILES string of the molecule is C=CCn1c(COc2ccc(C(C)C)cc2)nnc1SCC(=O)Nc1sc2c(c1C#N)CCC(C)C2. The molecule has 0 saturated carbocycles. The molecule has 3 aromatic rings. The minimum Gasteiger partial charge on any atom is -0.486 e. The topological polar surface area (TPSA) is 92.8 Å². The van der Waals surface area contributed by atoms with Crippen molar-refractivity contribution in [2.75, 3.05) is 11.1 Å². The Morgan fingerprint density at radius 3 is 2.86 bits per heavy atom. The number of allylic oxidation sites excluding steroid dienone is 1. The number of fused-ring (bicyclic) bond motifs is 1. The Hall–Kier alpha value is -3.09. The van der Waals surface area contributed by atoms with Crippen molar-refractivity contribution in [1.82, 2.24) is 14.8 Å². The van der Waals surface area contributed by atoms with Crippen LogP contribution in [0, 0.1) is 17.2 Å². The Bertz CT molecular complexity index is 1270. The van der Waals surface area contributed by atoms with Crippen LogP contribution >= 0.6 is 23.1 Å². The van der Waals surface area contributed by atoms with Crippen LogP contribution in [-0.4, -0.2) is 26.4 Å². The summed E-state index contributed by atoms with van der Waals surface area (Å²) in [5, 5.41) is 22.5. The van der Waals surface area contributed by atoms with Crippen molar-refractivity contribution in [2.45, 2.75) is 64.3 Å². The summed E-state index contributed by atoms with van der Waals surface area (Å²) in [7, 11) is 0. The smallest absolute Gasteiger partial charge is 0.235 e. The lowest BCUT2D eigenvalue weighted by molar-refractivity contribution is -0.113. The average molecular weight is 522 g/mol. The van der Waals surface area contributed by atoms with Crippen molar-refractivity contribution >= 4 is 34.0 Å². The van der Waals surface area contributed by atoms with Crippen LogP contribution in [0.3, 0.4) is 0 Å². The molecule has 1 aromatic carbocycles. The van der Waals surface area contributed by atoms with Gasteiger partial charge >= 0.3 is 0 Å². The maximum atomic E-state index is 12.8. The van der Waals surface area contributed by atoms with Gasteiger partial charge in [-0.05, 0) is 54.4 Å². The van der Waals surface area contributed by atoms with Gasteiger partial charge in [0.15, 0.2) is 11.0 Å². The Kier molecular flexibility index (Phi) is 8.49. The number of benzene rings is 1. The number of aromatic nitrogens is 3. The van der Waals surface area contributed by atoms with E-state index in [-0.39, 0.29) is 18.3 Å². The van der Waals surface area contributed by atoms with E-state index in [1.807, 2.05) is 16.7 Å². The van der Waals surface area contributed by atoms with E-state index in [9.17, 15) is 10.1 Å². The van der Waals surface area contributed by atoms with Gasteiger partial charge in [-0.2, -0.15) is 5.26 Å². The number of carbonyl (C=O) groups is 1. The van der Waals surface area contributed by atoms with Crippen molar-refractivity contribution < 1.29 is 9.53 Å². The lowest BCUT2D eigenvalue weighted by Crippen LogP contribution is -2.15. The highest BCUT2D eigenvalue weighted by molar-refractivity contribution is 7.99. The normalized spacial score (nSPS) is 14.8. The molecule has 1 atom stereocenters. The maximum Gasteiger partial charge on any atom is 0.235 e. The average Bonchev–Trinajstić information content (AvgIpc) is 3.41. The fourth-order valence-electron chi connectivity index (χ4n) is 4.19. The van der Waals surface area contributed by atoms with E-state index in [1.54, 1.807) is 6.08 Å². The highest BCUT2D eigenvalue weighted by atomic mass is 32.2. The van der Waals surface area contributed by atoms with Crippen LogP contribution in [0.25, 0.3) is 0 Å². The van der Waals surface area contributed by atoms with Gasteiger partial charge in [-0.15, -0.1) is 28.1 Å². The molecule has 9 heteroatoms. The van der Waals surface area contributed by atoms with E-state index in [1.165, 1.54) is 33.5 Å². The van der Waals surface area contributed by atoms with E-state index in [4.69, 9.17) is 4.74 Å². The van der Waals surface area contributed by atoms with Crippen LogP contribution in [0.4, 0.5) is 5.00 Å². The fourth-order valence-corrected chi connectivity index (χ4v) is 6.34. The Morgan fingerprint density at radius 2 is 2.17 bits per heavy atom. The zero-order valence-electron chi connectivity index (χ0n) is 20.9. The molecule has 1 N–H and O–H groups in total. The van der Waals surface area contributed by atoms with Gasteiger partial charge in [0.1, 0.15) is 23.4 Å². The van der Waals surface area contributed by atoms with Gasteiger partial charge in [-0.1, -0.05) is 50.7 Å². The number of amides is 1. The van der Waals surface area contributed by atoms with E-state index < -0.39 is 0 Å². The molecule has 7 nitrogen and oxygen atoms in total. The molecule has 2 aromatic heterocycles. The summed E-state index contributed by atoms with van der Waals surface area (Å²) < 4.78 is 7.83.